The van der Waals surface area contributed by atoms with E-state index in [1.807, 2.05) is 0 Å². The lowest BCUT2D eigenvalue weighted by molar-refractivity contribution is 0.172. The first-order chi connectivity index (χ1) is 7.70. The van der Waals surface area contributed by atoms with Gasteiger partial charge >= 0.3 is 0 Å². The van der Waals surface area contributed by atoms with Gasteiger partial charge in [0.15, 0.2) is 0 Å². The predicted molar refractivity (Wildman–Crippen MR) is 58.4 cm³/mol. The van der Waals surface area contributed by atoms with Crippen LogP contribution in [-0.2, 0) is 0 Å². The second kappa shape index (κ2) is 4.50. The van der Waals surface area contributed by atoms with E-state index in [0.717, 1.165) is 19.3 Å². The molecule has 0 amide bonds. The molecule has 0 unspecified atom stereocenters. The zero-order chi connectivity index (χ0) is 11.5. The smallest absolute Gasteiger partial charge is 0.141 e. The Kier molecular flexibility index (Phi) is 3.07. The van der Waals surface area contributed by atoms with Gasteiger partial charge in [-0.15, -0.1) is 0 Å². The maximum Gasteiger partial charge on any atom is 0.141 e. The molecular weight excluding hydrogens is 207 g/mol. The number of nitriles is 1. The number of nitrogens with zero attached hydrogens (tertiary/aromatic N) is 1. The second-order valence-corrected chi connectivity index (χ2v) is 4.06. The van der Waals surface area contributed by atoms with E-state index in [1.54, 1.807) is 12.1 Å². The minimum atomic E-state index is -0.514. The number of hydrogen-bond donors (Lipinski definition) is 2. The number of hydrogen-bond acceptors (Lipinski definition) is 3. The largest absolute Gasteiger partial charge is 0.391 e. The minimum Gasteiger partial charge on any atom is -0.391 e. The third kappa shape index (κ3) is 2.15. The Morgan fingerprint density at radius 2 is 2.25 bits per heavy atom. The standard InChI is InChI=1S/C12H13FN2O/c13-10-5-4-9(6-8(10)7-14)15-11-2-1-3-12(11)16/h4-6,11-12,15-16H,1-3H2/t11-,12-/m0/s1. The van der Waals surface area contributed by atoms with Gasteiger partial charge in [-0.1, -0.05) is 0 Å². The van der Waals surface area contributed by atoms with E-state index in [0.29, 0.717) is 5.69 Å². The molecule has 0 bridgehead atoms. The molecule has 0 aromatic heterocycles. The first kappa shape index (κ1) is 10.9. The summed E-state index contributed by atoms with van der Waals surface area (Å²) in [5.41, 5.74) is 0.710. The van der Waals surface area contributed by atoms with Gasteiger partial charge in [-0.3, -0.25) is 0 Å². The summed E-state index contributed by atoms with van der Waals surface area (Å²) >= 11 is 0. The average molecular weight is 220 g/mol. The fourth-order valence-electron chi connectivity index (χ4n) is 2.02. The summed E-state index contributed by atoms with van der Waals surface area (Å²) in [6.07, 6.45) is 2.34. The van der Waals surface area contributed by atoms with Gasteiger partial charge in [0.2, 0.25) is 0 Å². The zero-order valence-electron chi connectivity index (χ0n) is 8.78. The molecule has 0 heterocycles. The van der Waals surface area contributed by atoms with Crippen LogP contribution in [0, 0.1) is 17.1 Å². The van der Waals surface area contributed by atoms with Gasteiger partial charge in [-0.25, -0.2) is 4.39 Å². The van der Waals surface area contributed by atoms with Crippen LogP contribution in [0.4, 0.5) is 10.1 Å². The van der Waals surface area contributed by atoms with Crippen LogP contribution >= 0.6 is 0 Å². The van der Waals surface area contributed by atoms with Crippen molar-refractivity contribution in [1.29, 1.82) is 5.26 Å². The molecule has 84 valence electrons. The molecule has 1 aromatic rings. The van der Waals surface area contributed by atoms with E-state index in [9.17, 15) is 9.50 Å². The van der Waals surface area contributed by atoms with Gasteiger partial charge in [0.25, 0.3) is 0 Å². The highest BCUT2D eigenvalue weighted by Crippen LogP contribution is 2.23. The molecule has 1 fully saturated rings. The molecule has 0 radical (unpaired) electrons. The monoisotopic (exact) mass is 220 g/mol. The molecule has 3 nitrogen and oxygen atoms in total. The lowest BCUT2D eigenvalue weighted by Crippen LogP contribution is -2.27. The number of halogens is 1. The molecule has 0 aliphatic heterocycles. The fourth-order valence-corrected chi connectivity index (χ4v) is 2.02. The van der Waals surface area contributed by atoms with Crippen LogP contribution in [0.3, 0.4) is 0 Å². The highest BCUT2D eigenvalue weighted by Gasteiger charge is 2.24. The van der Waals surface area contributed by atoms with Crippen LogP contribution in [0.2, 0.25) is 0 Å². The molecular formula is C12H13FN2O. The summed E-state index contributed by atoms with van der Waals surface area (Å²) in [6, 6.07) is 6.13. The summed E-state index contributed by atoms with van der Waals surface area (Å²) in [7, 11) is 0. The third-order valence-corrected chi connectivity index (χ3v) is 2.92. The Morgan fingerprint density at radius 1 is 1.44 bits per heavy atom. The number of anilines is 1. The maximum absolute atomic E-state index is 13.1. The first-order valence-electron chi connectivity index (χ1n) is 5.35. The Bertz CT molecular complexity index is 428. The van der Waals surface area contributed by atoms with Gasteiger partial charge in [0.05, 0.1) is 17.7 Å². The summed E-state index contributed by atoms with van der Waals surface area (Å²) in [6.45, 7) is 0. The van der Waals surface area contributed by atoms with E-state index in [1.165, 1.54) is 12.1 Å². The van der Waals surface area contributed by atoms with Crippen molar-refractivity contribution in [3.8, 4) is 6.07 Å². The van der Waals surface area contributed by atoms with Crippen molar-refractivity contribution < 1.29 is 9.50 Å². The third-order valence-electron chi connectivity index (χ3n) is 2.92. The van der Waals surface area contributed by atoms with Crippen molar-refractivity contribution in [2.24, 2.45) is 0 Å². The summed E-state index contributed by atoms with van der Waals surface area (Å²) in [5.74, 6) is -0.514. The van der Waals surface area contributed by atoms with E-state index < -0.39 is 5.82 Å². The number of nitrogens with one attached hydrogen (secondary N) is 1. The van der Waals surface area contributed by atoms with Crippen LogP contribution in [0.1, 0.15) is 24.8 Å². The van der Waals surface area contributed by atoms with Crippen molar-refractivity contribution in [2.75, 3.05) is 5.32 Å². The highest BCUT2D eigenvalue weighted by atomic mass is 19.1. The number of benzene rings is 1. The lowest BCUT2D eigenvalue weighted by atomic mass is 10.1. The zero-order valence-corrected chi connectivity index (χ0v) is 8.78. The molecule has 16 heavy (non-hydrogen) atoms. The molecule has 2 atom stereocenters. The van der Waals surface area contributed by atoms with E-state index >= 15 is 0 Å². The predicted octanol–water partition coefficient (Wildman–Crippen LogP) is 2.02. The maximum atomic E-state index is 13.1. The Morgan fingerprint density at radius 3 is 2.88 bits per heavy atom. The molecule has 1 saturated carbocycles. The molecule has 1 aliphatic carbocycles. The Labute approximate surface area is 93.5 Å². The quantitative estimate of drug-likeness (QED) is 0.801. The molecule has 0 spiro atoms. The molecule has 4 heteroatoms. The van der Waals surface area contributed by atoms with Crippen LogP contribution < -0.4 is 5.32 Å². The number of rotatable bonds is 2. The van der Waals surface area contributed by atoms with Crippen LogP contribution in [0.25, 0.3) is 0 Å². The van der Waals surface area contributed by atoms with Crippen molar-refractivity contribution >= 4 is 5.69 Å². The van der Waals surface area contributed by atoms with Gasteiger partial charge < -0.3 is 10.4 Å². The van der Waals surface area contributed by atoms with Crippen LogP contribution in [0.5, 0.6) is 0 Å². The Hall–Kier alpha value is -1.60. The number of aliphatic hydroxyl groups excluding tert-OH is 1. The Balaban J connectivity index is 2.13. The van der Waals surface area contributed by atoms with Gasteiger partial charge in [0, 0.05) is 5.69 Å². The normalized spacial score (nSPS) is 24.1. The first-order valence-corrected chi connectivity index (χ1v) is 5.35. The van der Waals surface area contributed by atoms with Crippen molar-refractivity contribution in [2.45, 2.75) is 31.4 Å². The van der Waals surface area contributed by atoms with E-state index in [4.69, 9.17) is 5.26 Å². The SMILES string of the molecule is N#Cc1cc(N[C@H]2CCC[C@@H]2O)ccc1F. The summed E-state index contributed by atoms with van der Waals surface area (Å²) < 4.78 is 13.1. The van der Waals surface area contributed by atoms with Crippen molar-refractivity contribution in [3.05, 3.63) is 29.6 Å². The van der Waals surface area contributed by atoms with Crippen molar-refractivity contribution in [3.63, 3.8) is 0 Å². The molecule has 0 saturated heterocycles. The van der Waals surface area contributed by atoms with Crippen LogP contribution in [0.15, 0.2) is 18.2 Å². The highest BCUT2D eigenvalue weighted by molar-refractivity contribution is 5.50. The van der Waals surface area contributed by atoms with Gasteiger partial charge in [-0.05, 0) is 37.5 Å². The molecule has 1 aromatic carbocycles. The fraction of sp³-hybridized carbons (Fsp3) is 0.417. The van der Waals surface area contributed by atoms with Gasteiger partial charge in [-0.2, -0.15) is 5.26 Å². The van der Waals surface area contributed by atoms with E-state index in [2.05, 4.69) is 5.32 Å². The van der Waals surface area contributed by atoms with Crippen molar-refractivity contribution in [1.82, 2.24) is 0 Å². The van der Waals surface area contributed by atoms with Gasteiger partial charge in [0.1, 0.15) is 11.9 Å². The molecule has 1 aliphatic rings. The molecule has 2 N–H and O–H groups in total. The summed E-state index contributed by atoms with van der Waals surface area (Å²) in [5, 5.41) is 21.4. The average Bonchev–Trinajstić information content (AvgIpc) is 2.67. The lowest BCUT2D eigenvalue weighted by Gasteiger charge is -2.17. The molecule has 2 rings (SSSR count). The minimum absolute atomic E-state index is 0.0111. The van der Waals surface area contributed by atoms with E-state index in [-0.39, 0.29) is 17.7 Å². The van der Waals surface area contributed by atoms with Crippen LogP contribution in [-0.4, -0.2) is 17.3 Å². The number of aliphatic hydroxyl groups is 1. The topological polar surface area (TPSA) is 56.0 Å². The second-order valence-electron chi connectivity index (χ2n) is 4.06. The summed E-state index contributed by atoms with van der Waals surface area (Å²) in [4.78, 5) is 0.